The molecule has 2 aliphatic rings. The third-order valence-corrected chi connectivity index (χ3v) is 8.62. The lowest BCUT2D eigenvalue weighted by Crippen LogP contribution is -2.54. The molecule has 7 nitrogen and oxygen atoms in total. The largest absolute Gasteiger partial charge is 0.478 e. The molecular weight excluding hydrogens is 562 g/mol. The molecule has 3 heterocycles. The van der Waals surface area contributed by atoms with Crippen molar-refractivity contribution in [3.63, 3.8) is 0 Å². The number of carbonyl (C=O) groups is 3. The monoisotopic (exact) mass is 583 g/mol. The van der Waals surface area contributed by atoms with Gasteiger partial charge in [-0.2, -0.15) is 0 Å². The van der Waals surface area contributed by atoms with E-state index in [0.717, 1.165) is 52.0 Å². The maximum atomic E-state index is 13.4. The molecule has 0 unspecified atom stereocenters. The number of aryl methyl sites for hydroxylation is 2. The summed E-state index contributed by atoms with van der Waals surface area (Å²) in [6.45, 7) is 3.76. The molecule has 1 aliphatic heterocycles. The van der Waals surface area contributed by atoms with Crippen LogP contribution in [0.3, 0.4) is 0 Å². The summed E-state index contributed by atoms with van der Waals surface area (Å²) in [5.74, 6) is -2.02. The predicted molar refractivity (Wildman–Crippen MR) is 147 cm³/mol. The van der Waals surface area contributed by atoms with E-state index in [0.29, 0.717) is 21.8 Å². The highest BCUT2D eigenvalue weighted by Gasteiger charge is 2.35. The molecule has 2 amide bonds. The van der Waals surface area contributed by atoms with Gasteiger partial charge in [0.05, 0.1) is 11.3 Å². The number of carbonyl (C=O) groups excluding carboxylic acids is 2. The van der Waals surface area contributed by atoms with Gasteiger partial charge in [0.15, 0.2) is 5.11 Å². The molecule has 0 bridgehead atoms. The molecule has 2 N–H and O–H groups in total. The molecule has 3 aromatic rings. The molecule has 184 valence electrons. The van der Waals surface area contributed by atoms with E-state index in [4.69, 9.17) is 12.2 Å². The number of anilines is 1. The number of hydrogen-bond donors (Lipinski definition) is 2. The number of aromatic nitrogens is 1. The van der Waals surface area contributed by atoms with Gasteiger partial charge in [-0.25, -0.2) is 4.79 Å². The molecule has 0 atom stereocenters. The zero-order chi connectivity index (χ0) is 25.7. The van der Waals surface area contributed by atoms with Gasteiger partial charge in [0, 0.05) is 20.7 Å². The first-order chi connectivity index (χ1) is 17.2. The number of thiophene rings is 1. The summed E-state index contributed by atoms with van der Waals surface area (Å²) in [7, 11) is 0. The Morgan fingerprint density at radius 1 is 1.17 bits per heavy atom. The molecule has 1 aliphatic carbocycles. The summed E-state index contributed by atoms with van der Waals surface area (Å²) in [4.78, 5) is 40.9. The van der Waals surface area contributed by atoms with Gasteiger partial charge in [0.2, 0.25) is 0 Å². The number of benzene rings is 1. The molecule has 10 heteroatoms. The topological polar surface area (TPSA) is 91.6 Å². The van der Waals surface area contributed by atoms with Gasteiger partial charge < -0.3 is 9.67 Å². The maximum Gasteiger partial charge on any atom is 0.339 e. The van der Waals surface area contributed by atoms with Crippen molar-refractivity contribution >= 4 is 74.1 Å². The van der Waals surface area contributed by atoms with E-state index in [-0.39, 0.29) is 10.7 Å². The van der Waals surface area contributed by atoms with Crippen LogP contribution in [0.5, 0.6) is 0 Å². The number of nitrogens with one attached hydrogen (secondary N) is 1. The van der Waals surface area contributed by atoms with Gasteiger partial charge in [-0.15, -0.1) is 11.3 Å². The van der Waals surface area contributed by atoms with E-state index in [9.17, 15) is 19.5 Å². The zero-order valence-corrected chi connectivity index (χ0v) is 22.8. The second-order valence-electron chi connectivity index (χ2n) is 8.79. The van der Waals surface area contributed by atoms with Crippen LogP contribution in [-0.2, 0) is 22.4 Å². The summed E-state index contributed by atoms with van der Waals surface area (Å²) >= 11 is 10.2. The van der Waals surface area contributed by atoms with Crippen molar-refractivity contribution < 1.29 is 19.5 Å². The first kappa shape index (κ1) is 24.6. The highest BCUT2D eigenvalue weighted by molar-refractivity contribution is 9.10. The quantitative estimate of drug-likeness (QED) is 0.246. The highest BCUT2D eigenvalue weighted by atomic mass is 79.9. The van der Waals surface area contributed by atoms with Gasteiger partial charge in [-0.05, 0) is 99.3 Å². The molecular formula is C26H22BrN3O4S2. The van der Waals surface area contributed by atoms with Crippen LogP contribution in [0.2, 0.25) is 0 Å². The van der Waals surface area contributed by atoms with Crippen molar-refractivity contribution in [2.24, 2.45) is 0 Å². The number of thiocarbonyl (C=S) groups is 1. The smallest absolute Gasteiger partial charge is 0.339 e. The minimum atomic E-state index is -0.933. The van der Waals surface area contributed by atoms with Crippen LogP contribution in [0.4, 0.5) is 5.69 Å². The SMILES string of the molecule is Cc1cc(/C=C2\C(=O)NC(=S)N(c3ccc(Br)cc3)C2=O)c(C)n1-c1sc2c(c1C(=O)O)CCCC2. The summed E-state index contributed by atoms with van der Waals surface area (Å²) in [5.41, 5.74) is 4.03. The van der Waals surface area contributed by atoms with Crippen molar-refractivity contribution in [3.8, 4) is 5.00 Å². The molecule has 0 radical (unpaired) electrons. The minimum absolute atomic E-state index is 0.0187. The van der Waals surface area contributed by atoms with Crippen LogP contribution in [0.15, 0.2) is 40.4 Å². The van der Waals surface area contributed by atoms with Crippen molar-refractivity contribution in [2.45, 2.75) is 39.5 Å². The second kappa shape index (κ2) is 9.42. The number of nitrogens with zero attached hydrogens (tertiary/aromatic N) is 2. The number of rotatable bonds is 4. The summed E-state index contributed by atoms with van der Waals surface area (Å²) in [6.07, 6.45) is 5.25. The average molecular weight is 585 g/mol. The van der Waals surface area contributed by atoms with E-state index >= 15 is 0 Å². The van der Waals surface area contributed by atoms with Crippen LogP contribution < -0.4 is 10.2 Å². The minimum Gasteiger partial charge on any atom is -0.478 e. The standard InChI is InChI=1S/C26H22BrN3O4S2/c1-13-11-15(14(2)29(13)24-21(25(33)34)18-5-3-4-6-20(18)36-24)12-19-22(31)28-26(35)30(23(19)32)17-9-7-16(27)8-10-17/h7-12H,3-6H2,1-2H3,(H,33,34)(H,28,31,35)/b19-12+. The molecule has 0 spiro atoms. The van der Waals surface area contributed by atoms with Gasteiger partial charge in [-0.3, -0.25) is 19.8 Å². The van der Waals surface area contributed by atoms with E-state index < -0.39 is 17.8 Å². The Morgan fingerprint density at radius 3 is 2.56 bits per heavy atom. The second-order valence-corrected chi connectivity index (χ2v) is 11.2. The van der Waals surface area contributed by atoms with Crippen LogP contribution in [0.25, 0.3) is 11.1 Å². The van der Waals surface area contributed by atoms with Gasteiger partial charge in [-0.1, -0.05) is 15.9 Å². The fourth-order valence-corrected chi connectivity index (χ4v) is 6.85. The maximum absolute atomic E-state index is 13.4. The van der Waals surface area contributed by atoms with Crippen LogP contribution in [0.1, 0.15) is 50.6 Å². The van der Waals surface area contributed by atoms with Gasteiger partial charge in [0.25, 0.3) is 11.8 Å². The summed E-state index contributed by atoms with van der Waals surface area (Å²) in [6, 6.07) is 8.92. The predicted octanol–water partition coefficient (Wildman–Crippen LogP) is 5.33. The number of amides is 2. The van der Waals surface area contributed by atoms with Crippen LogP contribution in [0, 0.1) is 13.8 Å². The van der Waals surface area contributed by atoms with E-state index in [1.165, 1.54) is 16.2 Å². The first-order valence-electron chi connectivity index (χ1n) is 11.4. The Hall–Kier alpha value is -3.08. The molecule has 1 aromatic carbocycles. The van der Waals surface area contributed by atoms with Crippen molar-refractivity contribution in [3.05, 3.63) is 73.3 Å². The Morgan fingerprint density at radius 2 is 1.86 bits per heavy atom. The zero-order valence-electron chi connectivity index (χ0n) is 19.6. The Bertz CT molecular complexity index is 1480. The lowest BCUT2D eigenvalue weighted by molar-refractivity contribution is -0.122. The van der Waals surface area contributed by atoms with Crippen LogP contribution in [-0.4, -0.2) is 32.6 Å². The molecule has 36 heavy (non-hydrogen) atoms. The molecule has 1 saturated heterocycles. The number of carboxylic acids is 1. The first-order valence-corrected chi connectivity index (χ1v) is 13.4. The summed E-state index contributed by atoms with van der Waals surface area (Å²) in [5, 5.41) is 13.3. The van der Waals surface area contributed by atoms with Gasteiger partial charge in [0.1, 0.15) is 10.6 Å². The van der Waals surface area contributed by atoms with E-state index in [2.05, 4.69) is 21.2 Å². The molecule has 0 saturated carbocycles. The van der Waals surface area contributed by atoms with E-state index in [1.807, 2.05) is 24.5 Å². The van der Waals surface area contributed by atoms with Crippen molar-refractivity contribution in [1.29, 1.82) is 0 Å². The van der Waals surface area contributed by atoms with Crippen molar-refractivity contribution in [2.75, 3.05) is 4.90 Å². The lowest BCUT2D eigenvalue weighted by atomic mass is 9.95. The third kappa shape index (κ3) is 4.12. The third-order valence-electron chi connectivity index (χ3n) is 6.53. The number of hydrogen-bond acceptors (Lipinski definition) is 5. The fraction of sp³-hybridized carbons (Fsp3) is 0.231. The Balaban J connectivity index is 1.58. The summed E-state index contributed by atoms with van der Waals surface area (Å²) < 4.78 is 2.77. The normalized spacial score (nSPS) is 16.9. The van der Waals surface area contributed by atoms with Gasteiger partial charge >= 0.3 is 5.97 Å². The number of aromatic carboxylic acids is 1. The number of fused-ring (bicyclic) bond motifs is 1. The van der Waals surface area contributed by atoms with Crippen molar-refractivity contribution in [1.82, 2.24) is 9.88 Å². The average Bonchev–Trinajstić information content (AvgIpc) is 3.34. The Kier molecular flexibility index (Phi) is 6.44. The molecule has 5 rings (SSSR count). The van der Waals surface area contributed by atoms with E-state index in [1.54, 1.807) is 30.3 Å². The number of carboxylic acid groups (broad SMARTS) is 1. The fourth-order valence-electron chi connectivity index (χ4n) is 4.81. The van der Waals surface area contributed by atoms with Crippen LogP contribution >= 0.6 is 39.5 Å². The molecule has 2 aromatic heterocycles. The Labute approximate surface area is 225 Å². The number of halogens is 1. The lowest BCUT2D eigenvalue weighted by Gasteiger charge is -2.29. The molecule has 1 fully saturated rings. The highest BCUT2D eigenvalue weighted by Crippen LogP contribution is 2.39.